The van der Waals surface area contributed by atoms with Crippen LogP contribution in [0.5, 0.6) is 0 Å². The normalized spacial score (nSPS) is 20.7. The van der Waals surface area contributed by atoms with Crippen LogP contribution in [-0.4, -0.2) is 19.0 Å². The summed E-state index contributed by atoms with van der Waals surface area (Å²) >= 11 is 0. The number of guanidine groups is 1. The van der Waals surface area contributed by atoms with Crippen molar-refractivity contribution in [3.63, 3.8) is 0 Å². The molecule has 3 N–H and O–H groups in total. The quantitative estimate of drug-likeness (QED) is 0.301. The Morgan fingerprint density at radius 1 is 1.24 bits per heavy atom. The van der Waals surface area contributed by atoms with Gasteiger partial charge >= 0.3 is 0 Å². The zero-order chi connectivity index (χ0) is 14.2. The zero-order valence-electron chi connectivity index (χ0n) is 12.9. The van der Waals surface area contributed by atoms with Crippen LogP contribution < -0.4 is 11.1 Å². The van der Waals surface area contributed by atoms with Crippen molar-refractivity contribution in [2.24, 2.45) is 16.6 Å². The van der Waals surface area contributed by atoms with Gasteiger partial charge in [0.2, 0.25) is 0 Å². The molecule has 1 saturated carbocycles. The van der Waals surface area contributed by atoms with Gasteiger partial charge in [0.15, 0.2) is 5.96 Å². The van der Waals surface area contributed by atoms with Crippen molar-refractivity contribution in [2.75, 3.05) is 13.1 Å². The molecule has 0 spiro atoms. The van der Waals surface area contributed by atoms with Crippen molar-refractivity contribution < 1.29 is 0 Å². The number of nitrogens with one attached hydrogen (secondary N) is 1. The van der Waals surface area contributed by atoms with Gasteiger partial charge in [0.1, 0.15) is 0 Å². The molecule has 21 heavy (non-hydrogen) atoms. The third kappa shape index (κ3) is 6.68. The third-order valence-electron chi connectivity index (χ3n) is 3.98. The molecular weight excluding hydrogens is 373 g/mol. The Labute approximate surface area is 145 Å². The monoisotopic (exact) mass is 401 g/mol. The lowest BCUT2D eigenvalue weighted by Crippen LogP contribution is -2.32. The second kappa shape index (κ2) is 10.0. The molecule has 0 amide bonds. The molecule has 0 bridgehead atoms. The van der Waals surface area contributed by atoms with Gasteiger partial charge < -0.3 is 11.1 Å². The first-order valence-corrected chi connectivity index (χ1v) is 7.90. The average molecular weight is 401 g/mol. The number of benzene rings is 1. The maximum Gasteiger partial charge on any atom is 0.188 e. The minimum absolute atomic E-state index is 0. The van der Waals surface area contributed by atoms with E-state index in [1.165, 1.54) is 37.7 Å². The first-order chi connectivity index (χ1) is 9.81. The fraction of sp³-hybridized carbons (Fsp3) is 0.588. The average Bonchev–Trinajstić information content (AvgIpc) is 3.25. The van der Waals surface area contributed by atoms with E-state index in [4.69, 9.17) is 5.73 Å². The summed E-state index contributed by atoms with van der Waals surface area (Å²) in [4.78, 5) is 4.46. The van der Waals surface area contributed by atoms with Gasteiger partial charge in [-0.3, -0.25) is 4.99 Å². The number of hydrogen-bond acceptors (Lipinski definition) is 1. The van der Waals surface area contributed by atoms with Crippen LogP contribution in [0.25, 0.3) is 0 Å². The number of halogens is 1. The molecule has 0 aromatic heterocycles. The van der Waals surface area contributed by atoms with E-state index in [1.54, 1.807) is 0 Å². The van der Waals surface area contributed by atoms with Gasteiger partial charge in [-0.05, 0) is 30.2 Å². The summed E-state index contributed by atoms with van der Waals surface area (Å²) in [7, 11) is 0. The number of hydrogen-bond donors (Lipinski definition) is 2. The molecule has 1 aliphatic rings. The molecule has 3 nitrogen and oxygen atoms in total. The van der Waals surface area contributed by atoms with Crippen molar-refractivity contribution in [3.8, 4) is 0 Å². The fourth-order valence-electron chi connectivity index (χ4n) is 2.60. The minimum atomic E-state index is 0. The van der Waals surface area contributed by atoms with Gasteiger partial charge in [0.05, 0.1) is 0 Å². The van der Waals surface area contributed by atoms with Gasteiger partial charge in [0.25, 0.3) is 0 Å². The molecule has 0 heterocycles. The Kier molecular flexibility index (Phi) is 8.73. The van der Waals surface area contributed by atoms with E-state index in [-0.39, 0.29) is 24.0 Å². The van der Waals surface area contributed by atoms with Crippen LogP contribution in [-0.2, 0) is 0 Å². The molecule has 2 unspecified atom stereocenters. The molecule has 2 atom stereocenters. The van der Waals surface area contributed by atoms with E-state index in [1.807, 2.05) is 0 Å². The fourth-order valence-corrected chi connectivity index (χ4v) is 2.60. The molecule has 1 aromatic rings. The van der Waals surface area contributed by atoms with Gasteiger partial charge in [-0.25, -0.2) is 0 Å². The first kappa shape index (κ1) is 18.3. The Morgan fingerprint density at radius 3 is 2.71 bits per heavy atom. The van der Waals surface area contributed by atoms with Crippen molar-refractivity contribution in [3.05, 3.63) is 35.9 Å². The van der Waals surface area contributed by atoms with Crippen LogP contribution in [0, 0.1) is 5.92 Å². The summed E-state index contributed by atoms with van der Waals surface area (Å²) in [6.07, 6.45) is 6.28. The van der Waals surface area contributed by atoms with Crippen LogP contribution in [0.3, 0.4) is 0 Å². The number of unbranched alkanes of at least 4 members (excludes halogenated alkanes) is 3. The second-order valence-electron chi connectivity index (χ2n) is 5.73. The highest BCUT2D eigenvalue weighted by atomic mass is 127. The summed E-state index contributed by atoms with van der Waals surface area (Å²) in [6.45, 7) is 4.03. The summed E-state index contributed by atoms with van der Waals surface area (Å²) in [5, 5.41) is 3.21. The van der Waals surface area contributed by atoms with E-state index in [0.29, 0.717) is 17.8 Å². The Morgan fingerprint density at radius 2 is 2.00 bits per heavy atom. The topological polar surface area (TPSA) is 50.4 Å². The maximum absolute atomic E-state index is 5.89. The first-order valence-electron chi connectivity index (χ1n) is 7.90. The standard InChI is InChI=1S/C17H27N3.HI/c1-2-3-4-8-11-19-17(18)20-13-15-12-16(15)14-9-6-5-7-10-14;/h5-7,9-10,15-16H,2-4,8,11-13H2,1H3,(H3,18,19,20);1H. The van der Waals surface area contributed by atoms with Crippen LogP contribution >= 0.6 is 24.0 Å². The Hall–Kier alpha value is -0.780. The van der Waals surface area contributed by atoms with Gasteiger partial charge in [-0.15, -0.1) is 24.0 Å². The second-order valence-corrected chi connectivity index (χ2v) is 5.73. The van der Waals surface area contributed by atoms with Crippen molar-refractivity contribution in [1.29, 1.82) is 0 Å². The summed E-state index contributed by atoms with van der Waals surface area (Å²) in [5.74, 6) is 1.98. The SMILES string of the molecule is CCCCCCNC(N)=NCC1CC1c1ccccc1.I. The summed E-state index contributed by atoms with van der Waals surface area (Å²) in [6, 6.07) is 10.7. The highest BCUT2D eigenvalue weighted by molar-refractivity contribution is 14.0. The highest BCUT2D eigenvalue weighted by Gasteiger charge is 2.37. The lowest BCUT2D eigenvalue weighted by atomic mass is 10.1. The molecule has 0 aliphatic heterocycles. The van der Waals surface area contributed by atoms with Crippen molar-refractivity contribution >= 4 is 29.9 Å². The van der Waals surface area contributed by atoms with E-state index in [2.05, 4.69) is 47.6 Å². The predicted molar refractivity (Wildman–Crippen MR) is 101 cm³/mol. The molecule has 4 heteroatoms. The lowest BCUT2D eigenvalue weighted by molar-refractivity contribution is 0.651. The Balaban J connectivity index is 0.00000220. The predicted octanol–water partition coefficient (Wildman–Crippen LogP) is 3.89. The lowest BCUT2D eigenvalue weighted by Gasteiger charge is -2.05. The zero-order valence-corrected chi connectivity index (χ0v) is 15.3. The van der Waals surface area contributed by atoms with Crippen LogP contribution in [0.1, 0.15) is 50.5 Å². The van der Waals surface area contributed by atoms with Gasteiger partial charge in [-0.2, -0.15) is 0 Å². The Bertz CT molecular complexity index is 419. The van der Waals surface area contributed by atoms with E-state index in [0.717, 1.165) is 13.1 Å². The number of nitrogens with zero attached hydrogens (tertiary/aromatic N) is 1. The molecule has 1 aliphatic carbocycles. The largest absolute Gasteiger partial charge is 0.370 e. The molecule has 2 rings (SSSR count). The van der Waals surface area contributed by atoms with E-state index < -0.39 is 0 Å². The molecule has 1 aromatic carbocycles. The molecule has 118 valence electrons. The van der Waals surface area contributed by atoms with Crippen molar-refractivity contribution in [1.82, 2.24) is 5.32 Å². The van der Waals surface area contributed by atoms with E-state index in [9.17, 15) is 0 Å². The summed E-state index contributed by atoms with van der Waals surface area (Å²) in [5.41, 5.74) is 7.33. The van der Waals surface area contributed by atoms with Crippen LogP contribution in [0.15, 0.2) is 35.3 Å². The molecule has 0 radical (unpaired) electrons. The minimum Gasteiger partial charge on any atom is -0.370 e. The van der Waals surface area contributed by atoms with Gasteiger partial charge in [-0.1, -0.05) is 56.5 Å². The van der Waals surface area contributed by atoms with E-state index >= 15 is 0 Å². The van der Waals surface area contributed by atoms with Crippen molar-refractivity contribution in [2.45, 2.75) is 44.9 Å². The number of rotatable bonds is 8. The molecule has 0 saturated heterocycles. The summed E-state index contributed by atoms with van der Waals surface area (Å²) < 4.78 is 0. The number of aliphatic imine (C=N–C) groups is 1. The maximum atomic E-state index is 5.89. The smallest absolute Gasteiger partial charge is 0.188 e. The number of nitrogens with two attached hydrogens (primary N) is 1. The highest BCUT2D eigenvalue weighted by Crippen LogP contribution is 2.47. The van der Waals surface area contributed by atoms with Crippen LogP contribution in [0.2, 0.25) is 0 Å². The molecule has 1 fully saturated rings. The van der Waals surface area contributed by atoms with Crippen LogP contribution in [0.4, 0.5) is 0 Å². The van der Waals surface area contributed by atoms with Gasteiger partial charge in [0, 0.05) is 13.1 Å². The molecular formula is C17H28IN3. The third-order valence-corrected chi connectivity index (χ3v) is 3.98.